The minimum absolute atomic E-state index is 0.0434. The fourth-order valence-corrected chi connectivity index (χ4v) is 4.75. The van der Waals surface area contributed by atoms with Crippen LogP contribution in [0.15, 0.2) is 78.9 Å². The Kier molecular flexibility index (Phi) is 6.42. The number of morpholine rings is 1. The number of nitrogens with zero attached hydrogens (tertiary/aromatic N) is 3. The molecule has 0 radical (unpaired) electrons. The molecule has 5 heteroatoms. The van der Waals surface area contributed by atoms with Gasteiger partial charge in [0, 0.05) is 50.5 Å². The van der Waals surface area contributed by atoms with Gasteiger partial charge in [-0.2, -0.15) is 0 Å². The molecule has 1 unspecified atom stereocenters. The summed E-state index contributed by atoms with van der Waals surface area (Å²) in [5, 5.41) is 0. The van der Waals surface area contributed by atoms with Crippen molar-refractivity contribution in [3.05, 3.63) is 84.4 Å². The Balaban J connectivity index is 1.31. The number of amides is 1. The molecule has 2 heterocycles. The molecule has 170 valence electrons. The molecule has 5 rings (SSSR count). The maximum Gasteiger partial charge on any atom is 0.256 e. The van der Waals surface area contributed by atoms with Crippen molar-refractivity contribution in [3.63, 3.8) is 0 Å². The van der Waals surface area contributed by atoms with Gasteiger partial charge in [-0.3, -0.25) is 4.79 Å². The molecule has 0 aliphatic carbocycles. The van der Waals surface area contributed by atoms with Crippen LogP contribution in [0, 0.1) is 0 Å². The third-order valence-corrected chi connectivity index (χ3v) is 6.70. The van der Waals surface area contributed by atoms with Crippen molar-refractivity contribution in [1.29, 1.82) is 0 Å². The minimum atomic E-state index is -0.457. The summed E-state index contributed by atoms with van der Waals surface area (Å²) in [6.45, 7) is 5.26. The van der Waals surface area contributed by atoms with Crippen molar-refractivity contribution in [1.82, 2.24) is 4.90 Å². The van der Waals surface area contributed by atoms with Crippen LogP contribution >= 0.6 is 0 Å². The van der Waals surface area contributed by atoms with Crippen LogP contribution in [0.4, 0.5) is 11.4 Å². The van der Waals surface area contributed by atoms with E-state index in [0.717, 1.165) is 37.4 Å². The average molecular weight is 442 g/mol. The zero-order chi connectivity index (χ0) is 22.6. The predicted octanol–water partition coefficient (Wildman–Crippen LogP) is 4.08. The summed E-state index contributed by atoms with van der Waals surface area (Å²) in [7, 11) is 2.17. The number of benzene rings is 3. The van der Waals surface area contributed by atoms with Crippen molar-refractivity contribution < 1.29 is 9.53 Å². The number of piperazine rings is 1. The van der Waals surface area contributed by atoms with E-state index < -0.39 is 6.10 Å². The highest BCUT2D eigenvalue weighted by atomic mass is 16.5. The van der Waals surface area contributed by atoms with Crippen LogP contribution < -0.4 is 9.80 Å². The molecule has 0 saturated carbocycles. The number of likely N-dealkylation sites (N-methyl/N-ethyl adjacent to an activating group) is 1. The van der Waals surface area contributed by atoms with Gasteiger partial charge in [-0.1, -0.05) is 60.7 Å². The maximum absolute atomic E-state index is 13.4. The third kappa shape index (κ3) is 4.80. The number of ether oxygens (including phenoxy) is 1. The fraction of sp³-hybridized carbons (Fsp3) is 0.321. The summed E-state index contributed by atoms with van der Waals surface area (Å²) in [6, 6.07) is 27.0. The van der Waals surface area contributed by atoms with Gasteiger partial charge in [0.15, 0.2) is 0 Å². The van der Waals surface area contributed by atoms with Gasteiger partial charge in [-0.25, -0.2) is 0 Å². The SMILES string of the molecule is CN1CCN(c2ccccc2CC2OCCN(c3ccc(-c4ccccc4)cc3)C2=O)CC1. The summed E-state index contributed by atoms with van der Waals surface area (Å²) in [4.78, 5) is 20.1. The van der Waals surface area contributed by atoms with Crippen molar-refractivity contribution in [2.24, 2.45) is 0 Å². The normalized spacial score (nSPS) is 19.7. The number of para-hydroxylation sites is 1. The standard InChI is InChI=1S/C28H31N3O2/c1-29-15-17-30(18-16-29)26-10-6-5-9-24(26)21-27-28(32)31(19-20-33-27)25-13-11-23(12-14-25)22-7-3-2-4-8-22/h2-14,27H,15-21H2,1H3. The molecule has 0 N–H and O–H groups in total. The monoisotopic (exact) mass is 441 g/mol. The highest BCUT2D eigenvalue weighted by Gasteiger charge is 2.31. The summed E-state index contributed by atoms with van der Waals surface area (Å²) in [5.41, 5.74) is 5.67. The van der Waals surface area contributed by atoms with Gasteiger partial charge in [-0.15, -0.1) is 0 Å². The lowest BCUT2D eigenvalue weighted by molar-refractivity contribution is -0.133. The molecule has 2 aliphatic rings. The third-order valence-electron chi connectivity index (χ3n) is 6.70. The lowest BCUT2D eigenvalue weighted by Crippen LogP contribution is -2.49. The number of anilines is 2. The number of hydrogen-bond acceptors (Lipinski definition) is 4. The molecule has 0 aromatic heterocycles. The summed E-state index contributed by atoms with van der Waals surface area (Å²) in [6.07, 6.45) is 0.140. The van der Waals surface area contributed by atoms with Crippen molar-refractivity contribution in [3.8, 4) is 11.1 Å². The molecule has 0 bridgehead atoms. The lowest BCUT2D eigenvalue weighted by Gasteiger charge is -2.36. The highest BCUT2D eigenvalue weighted by Crippen LogP contribution is 2.28. The highest BCUT2D eigenvalue weighted by molar-refractivity contribution is 5.97. The van der Waals surface area contributed by atoms with Crippen LogP contribution in [0.25, 0.3) is 11.1 Å². The van der Waals surface area contributed by atoms with Gasteiger partial charge in [0.1, 0.15) is 6.10 Å². The molecule has 2 saturated heterocycles. The fourth-order valence-electron chi connectivity index (χ4n) is 4.75. The van der Waals surface area contributed by atoms with Crippen LogP contribution in [-0.2, 0) is 16.0 Å². The van der Waals surface area contributed by atoms with Gasteiger partial charge in [0.2, 0.25) is 0 Å². The van der Waals surface area contributed by atoms with Crippen molar-refractivity contribution in [2.45, 2.75) is 12.5 Å². The first-order valence-corrected chi connectivity index (χ1v) is 11.8. The van der Waals surface area contributed by atoms with E-state index in [1.54, 1.807) is 0 Å². The summed E-state index contributed by atoms with van der Waals surface area (Å²) in [5.74, 6) is 0.0434. The second-order valence-corrected chi connectivity index (χ2v) is 8.89. The van der Waals surface area contributed by atoms with E-state index in [0.29, 0.717) is 19.6 Å². The Morgan fingerprint density at radius 1 is 0.788 bits per heavy atom. The van der Waals surface area contributed by atoms with Gasteiger partial charge in [0.25, 0.3) is 5.91 Å². The Morgan fingerprint density at radius 2 is 1.45 bits per heavy atom. The molecule has 2 fully saturated rings. The Bertz CT molecular complexity index is 1080. The van der Waals surface area contributed by atoms with E-state index in [-0.39, 0.29) is 5.91 Å². The van der Waals surface area contributed by atoms with Crippen LogP contribution in [0.1, 0.15) is 5.56 Å². The molecule has 1 atom stereocenters. The van der Waals surface area contributed by atoms with E-state index >= 15 is 0 Å². The van der Waals surface area contributed by atoms with Gasteiger partial charge < -0.3 is 19.4 Å². The van der Waals surface area contributed by atoms with Gasteiger partial charge >= 0.3 is 0 Å². The quantitative estimate of drug-likeness (QED) is 0.598. The molecular weight excluding hydrogens is 410 g/mol. The van der Waals surface area contributed by atoms with E-state index in [4.69, 9.17) is 4.74 Å². The van der Waals surface area contributed by atoms with E-state index in [9.17, 15) is 4.79 Å². The van der Waals surface area contributed by atoms with Crippen molar-refractivity contribution >= 4 is 17.3 Å². The largest absolute Gasteiger partial charge is 0.369 e. The molecule has 2 aliphatic heterocycles. The molecular formula is C28H31N3O2. The zero-order valence-electron chi connectivity index (χ0n) is 19.2. The second kappa shape index (κ2) is 9.77. The molecule has 0 spiro atoms. The second-order valence-electron chi connectivity index (χ2n) is 8.89. The van der Waals surface area contributed by atoms with E-state index in [2.05, 4.69) is 65.4 Å². The smallest absolute Gasteiger partial charge is 0.256 e. The van der Waals surface area contributed by atoms with Crippen LogP contribution in [0.3, 0.4) is 0 Å². The van der Waals surface area contributed by atoms with E-state index in [1.807, 2.05) is 35.2 Å². The molecule has 3 aromatic rings. The van der Waals surface area contributed by atoms with Gasteiger partial charge in [0.05, 0.1) is 6.61 Å². The number of carbonyl (C=O) groups is 1. The lowest BCUT2D eigenvalue weighted by atomic mass is 10.0. The maximum atomic E-state index is 13.4. The summed E-state index contributed by atoms with van der Waals surface area (Å²) < 4.78 is 5.98. The first-order valence-electron chi connectivity index (χ1n) is 11.8. The Hall–Kier alpha value is -3.15. The van der Waals surface area contributed by atoms with Crippen LogP contribution in [0.2, 0.25) is 0 Å². The minimum Gasteiger partial charge on any atom is -0.369 e. The molecule has 3 aromatic carbocycles. The molecule has 33 heavy (non-hydrogen) atoms. The van der Waals surface area contributed by atoms with E-state index in [1.165, 1.54) is 16.8 Å². The Morgan fingerprint density at radius 3 is 2.21 bits per heavy atom. The molecule has 5 nitrogen and oxygen atoms in total. The first kappa shape index (κ1) is 21.7. The first-order chi connectivity index (χ1) is 16.2. The van der Waals surface area contributed by atoms with Crippen LogP contribution in [-0.4, -0.2) is 63.3 Å². The number of hydrogen-bond donors (Lipinski definition) is 0. The van der Waals surface area contributed by atoms with Gasteiger partial charge in [-0.05, 0) is 41.9 Å². The number of carbonyl (C=O) groups excluding carboxylic acids is 1. The van der Waals surface area contributed by atoms with Crippen molar-refractivity contribution in [2.75, 3.05) is 56.2 Å². The molecule has 1 amide bonds. The Labute approximate surface area is 196 Å². The zero-order valence-corrected chi connectivity index (χ0v) is 19.2. The van der Waals surface area contributed by atoms with Crippen LogP contribution in [0.5, 0.6) is 0 Å². The predicted molar refractivity (Wildman–Crippen MR) is 134 cm³/mol. The average Bonchev–Trinajstić information content (AvgIpc) is 2.87. The summed E-state index contributed by atoms with van der Waals surface area (Å²) >= 11 is 0. The number of rotatable bonds is 5. The topological polar surface area (TPSA) is 36.0 Å².